The van der Waals surface area contributed by atoms with E-state index in [-0.39, 0.29) is 5.84 Å². The highest BCUT2D eigenvalue weighted by Gasteiger charge is 2.16. The number of aliphatic imine (C=N–C) groups is 2. The van der Waals surface area contributed by atoms with Crippen LogP contribution in [0.4, 0.5) is 0 Å². The average Bonchev–Trinajstić information content (AvgIpc) is 3.55. The number of nitrogens with zero attached hydrogens (tertiary/aromatic N) is 2. The molecule has 9 aromatic rings. The standard InChI is InChI=1S/C45H29N3S/c46-44(32-23-21-30(22-24-32)29-11-2-1-3-12-29)48-45(38-18-10-20-42-43(38)37-17-8-9-19-41(37)49-42)47-28-40-35-16-7-5-14-33(35)27-39-34-15-6-4-13-31(34)25-26-36(39)40/h1-28,46H. The quantitative estimate of drug-likeness (QED) is 0.0859. The second-order valence-corrected chi connectivity index (χ2v) is 13.2. The lowest BCUT2D eigenvalue weighted by molar-refractivity contribution is 1.40. The molecule has 1 N–H and O–H groups in total. The molecule has 4 heteroatoms. The third-order valence-electron chi connectivity index (χ3n) is 9.25. The van der Waals surface area contributed by atoms with Gasteiger partial charge in [-0.1, -0.05) is 146 Å². The molecule has 0 aliphatic heterocycles. The van der Waals surface area contributed by atoms with E-state index in [1.807, 2.05) is 36.5 Å². The Hall–Kier alpha value is -6.23. The van der Waals surface area contributed by atoms with Crippen LogP contribution in [0.5, 0.6) is 0 Å². The van der Waals surface area contributed by atoms with Crippen molar-refractivity contribution in [2.75, 3.05) is 0 Å². The first-order chi connectivity index (χ1) is 24.2. The number of benzene rings is 8. The van der Waals surface area contributed by atoms with Gasteiger partial charge in [0.15, 0.2) is 11.7 Å². The first kappa shape index (κ1) is 29.0. The van der Waals surface area contributed by atoms with Gasteiger partial charge in [-0.05, 0) is 61.6 Å². The molecule has 0 saturated heterocycles. The van der Waals surface area contributed by atoms with Gasteiger partial charge in [-0.3, -0.25) is 5.41 Å². The van der Waals surface area contributed by atoms with Gasteiger partial charge in [0.05, 0.1) is 0 Å². The van der Waals surface area contributed by atoms with Crippen LogP contribution in [0.2, 0.25) is 0 Å². The monoisotopic (exact) mass is 643 g/mol. The van der Waals surface area contributed by atoms with Crippen LogP contribution in [0.25, 0.3) is 63.6 Å². The molecule has 0 aliphatic carbocycles. The van der Waals surface area contributed by atoms with Gasteiger partial charge in [0, 0.05) is 43.1 Å². The second-order valence-electron chi connectivity index (χ2n) is 12.2. The topological polar surface area (TPSA) is 48.6 Å². The number of rotatable bonds is 4. The van der Waals surface area contributed by atoms with Gasteiger partial charge in [0.2, 0.25) is 0 Å². The molecule has 0 radical (unpaired) electrons. The van der Waals surface area contributed by atoms with Crippen LogP contribution in [0.15, 0.2) is 174 Å². The summed E-state index contributed by atoms with van der Waals surface area (Å²) in [5, 5.41) is 18.5. The molecule has 1 heterocycles. The van der Waals surface area contributed by atoms with Crippen molar-refractivity contribution in [1.82, 2.24) is 0 Å². The van der Waals surface area contributed by atoms with E-state index in [1.165, 1.54) is 30.9 Å². The highest BCUT2D eigenvalue weighted by atomic mass is 32.1. The van der Waals surface area contributed by atoms with Crippen molar-refractivity contribution in [2.45, 2.75) is 0 Å². The van der Waals surface area contributed by atoms with Gasteiger partial charge >= 0.3 is 0 Å². The molecule has 49 heavy (non-hydrogen) atoms. The van der Waals surface area contributed by atoms with Gasteiger partial charge in [0.25, 0.3) is 0 Å². The van der Waals surface area contributed by atoms with Gasteiger partial charge in [-0.25, -0.2) is 9.98 Å². The van der Waals surface area contributed by atoms with Gasteiger partial charge in [-0.2, -0.15) is 0 Å². The maximum atomic E-state index is 9.20. The summed E-state index contributed by atoms with van der Waals surface area (Å²) >= 11 is 1.77. The predicted octanol–water partition coefficient (Wildman–Crippen LogP) is 12.1. The molecule has 1 aromatic heterocycles. The smallest absolute Gasteiger partial charge is 0.162 e. The Bertz CT molecular complexity index is 2770. The summed E-state index contributed by atoms with van der Waals surface area (Å²) in [6.45, 7) is 0. The minimum atomic E-state index is 0.164. The summed E-state index contributed by atoms with van der Waals surface area (Å²) in [6, 6.07) is 56.8. The number of thiophene rings is 1. The van der Waals surface area contributed by atoms with Crippen LogP contribution in [0.3, 0.4) is 0 Å². The molecule has 0 spiro atoms. The third-order valence-corrected chi connectivity index (χ3v) is 10.4. The number of fused-ring (bicyclic) bond motifs is 7. The lowest BCUT2D eigenvalue weighted by Crippen LogP contribution is -2.05. The summed E-state index contributed by atoms with van der Waals surface area (Å²) in [6.07, 6.45) is 1.96. The maximum absolute atomic E-state index is 9.20. The van der Waals surface area contributed by atoms with Crippen LogP contribution < -0.4 is 0 Å². The van der Waals surface area contributed by atoms with Gasteiger partial charge < -0.3 is 0 Å². The van der Waals surface area contributed by atoms with E-state index in [9.17, 15) is 5.41 Å². The van der Waals surface area contributed by atoms with Crippen LogP contribution >= 0.6 is 11.3 Å². The molecule has 0 aliphatic rings. The van der Waals surface area contributed by atoms with Gasteiger partial charge in [0.1, 0.15) is 0 Å². The van der Waals surface area contributed by atoms with Crippen LogP contribution in [0, 0.1) is 5.41 Å². The first-order valence-electron chi connectivity index (χ1n) is 16.3. The molecular weight excluding hydrogens is 615 g/mol. The van der Waals surface area contributed by atoms with Crippen molar-refractivity contribution in [2.24, 2.45) is 9.98 Å². The summed E-state index contributed by atoms with van der Waals surface area (Å²) in [7, 11) is 0. The minimum absolute atomic E-state index is 0.164. The zero-order valence-electron chi connectivity index (χ0n) is 26.5. The molecule has 8 aromatic carbocycles. The number of hydrogen-bond donors (Lipinski definition) is 1. The fourth-order valence-corrected chi connectivity index (χ4v) is 7.99. The third kappa shape index (κ3) is 5.20. The molecule has 0 saturated carbocycles. The average molecular weight is 644 g/mol. The summed E-state index contributed by atoms with van der Waals surface area (Å²) in [5.41, 5.74) is 4.92. The van der Waals surface area contributed by atoms with Crippen molar-refractivity contribution in [3.05, 3.63) is 180 Å². The van der Waals surface area contributed by atoms with E-state index in [0.717, 1.165) is 49.4 Å². The zero-order valence-corrected chi connectivity index (χ0v) is 27.3. The van der Waals surface area contributed by atoms with E-state index in [2.05, 4.69) is 133 Å². The maximum Gasteiger partial charge on any atom is 0.162 e. The first-order valence-corrected chi connectivity index (χ1v) is 17.1. The molecular formula is C45H29N3S. The zero-order chi connectivity index (χ0) is 32.7. The highest BCUT2D eigenvalue weighted by Crippen LogP contribution is 2.37. The molecule has 9 rings (SSSR count). The lowest BCUT2D eigenvalue weighted by atomic mass is 9.94. The lowest BCUT2D eigenvalue weighted by Gasteiger charge is -2.11. The normalized spacial score (nSPS) is 12.2. The molecule has 230 valence electrons. The van der Waals surface area contributed by atoms with E-state index in [4.69, 9.17) is 9.98 Å². The second kappa shape index (κ2) is 12.1. The van der Waals surface area contributed by atoms with Crippen molar-refractivity contribution >= 4 is 81.7 Å². The van der Waals surface area contributed by atoms with E-state index < -0.39 is 0 Å². The summed E-state index contributed by atoms with van der Waals surface area (Å²) < 4.78 is 2.38. The van der Waals surface area contributed by atoms with Crippen molar-refractivity contribution in [3.63, 3.8) is 0 Å². The Morgan fingerprint density at radius 2 is 1.18 bits per heavy atom. The molecule has 0 unspecified atom stereocenters. The largest absolute Gasteiger partial charge is 0.282 e. The van der Waals surface area contributed by atoms with Crippen molar-refractivity contribution in [3.8, 4) is 11.1 Å². The van der Waals surface area contributed by atoms with E-state index in [1.54, 1.807) is 11.3 Å². The SMILES string of the molecule is N=C(N=C(N=Cc1c2ccccc2cc2c1ccc1ccccc12)c1cccc2sc3ccccc3c12)c1ccc(-c2ccccc2)cc1. The van der Waals surface area contributed by atoms with E-state index in [0.29, 0.717) is 5.84 Å². The van der Waals surface area contributed by atoms with Crippen LogP contribution in [-0.2, 0) is 0 Å². The molecule has 0 amide bonds. The fourth-order valence-electron chi connectivity index (χ4n) is 6.86. The van der Waals surface area contributed by atoms with Crippen molar-refractivity contribution in [1.29, 1.82) is 5.41 Å². The Balaban J connectivity index is 1.24. The molecule has 0 atom stereocenters. The Morgan fingerprint density at radius 1 is 0.510 bits per heavy atom. The Labute approximate surface area is 287 Å². The molecule has 0 bridgehead atoms. The summed E-state index contributed by atoms with van der Waals surface area (Å²) in [5.74, 6) is 0.672. The van der Waals surface area contributed by atoms with Crippen LogP contribution in [0.1, 0.15) is 16.7 Å². The number of hydrogen-bond acceptors (Lipinski definition) is 2. The molecule has 3 nitrogen and oxygen atoms in total. The predicted molar refractivity (Wildman–Crippen MR) is 211 cm³/mol. The van der Waals surface area contributed by atoms with Crippen molar-refractivity contribution < 1.29 is 0 Å². The Morgan fingerprint density at radius 3 is 2.02 bits per heavy atom. The Kier molecular flexibility index (Phi) is 7.15. The van der Waals surface area contributed by atoms with Gasteiger partial charge in [-0.15, -0.1) is 11.3 Å². The van der Waals surface area contributed by atoms with Crippen LogP contribution in [-0.4, -0.2) is 17.9 Å². The number of nitrogens with one attached hydrogen (secondary N) is 1. The summed E-state index contributed by atoms with van der Waals surface area (Å²) in [4.78, 5) is 10.2. The number of amidine groups is 2. The fraction of sp³-hybridized carbons (Fsp3) is 0. The highest BCUT2D eigenvalue weighted by molar-refractivity contribution is 7.25. The minimum Gasteiger partial charge on any atom is -0.282 e. The molecule has 0 fully saturated rings. The van der Waals surface area contributed by atoms with E-state index >= 15 is 0 Å².